The molecule has 4 rings (SSSR count). The summed E-state index contributed by atoms with van der Waals surface area (Å²) in [5.41, 5.74) is 0. The summed E-state index contributed by atoms with van der Waals surface area (Å²) < 4.78 is 33.5. The van der Waals surface area contributed by atoms with Gasteiger partial charge in [0.25, 0.3) is 0 Å². The first-order chi connectivity index (χ1) is 22.4. The Bertz CT molecular complexity index is 892. The van der Waals surface area contributed by atoms with Gasteiger partial charge in [-0.3, -0.25) is 19.2 Å². The molecule has 0 N–H and O–H groups in total. The number of ether oxygens (including phenoxy) is 6. The van der Waals surface area contributed by atoms with Gasteiger partial charge in [-0.25, -0.2) is 0 Å². The van der Waals surface area contributed by atoms with Crippen LogP contribution in [0, 0.1) is 23.7 Å². The van der Waals surface area contributed by atoms with Gasteiger partial charge in [-0.2, -0.15) is 0 Å². The number of hydrogen-bond acceptors (Lipinski definition) is 10. The average molecular weight is 651 g/mol. The van der Waals surface area contributed by atoms with Gasteiger partial charge in [-0.1, -0.05) is 65.2 Å². The van der Waals surface area contributed by atoms with Crippen molar-refractivity contribution in [3.8, 4) is 0 Å². The molecule has 0 bridgehead atoms. The predicted molar refractivity (Wildman–Crippen MR) is 170 cm³/mol. The fourth-order valence-electron chi connectivity index (χ4n) is 6.98. The van der Waals surface area contributed by atoms with Gasteiger partial charge in [0.15, 0.2) is 0 Å². The van der Waals surface area contributed by atoms with Crippen molar-refractivity contribution < 1.29 is 47.6 Å². The second-order valence-corrected chi connectivity index (χ2v) is 13.7. The number of carbonyl (C=O) groups excluding carboxylic acids is 4. The van der Waals surface area contributed by atoms with Crippen LogP contribution in [0.1, 0.15) is 129 Å². The van der Waals surface area contributed by atoms with Crippen LogP contribution in [0.2, 0.25) is 0 Å². The Morgan fingerprint density at radius 2 is 0.652 bits per heavy atom. The van der Waals surface area contributed by atoms with E-state index in [-0.39, 0.29) is 61.5 Å². The van der Waals surface area contributed by atoms with Crippen molar-refractivity contribution in [3.05, 3.63) is 0 Å². The van der Waals surface area contributed by atoms with Crippen molar-refractivity contribution in [2.75, 3.05) is 26.4 Å². The Morgan fingerprint density at radius 1 is 0.413 bits per heavy atom. The second-order valence-electron chi connectivity index (χ2n) is 13.7. The molecule has 10 nitrogen and oxygen atoms in total. The fourth-order valence-corrected chi connectivity index (χ4v) is 6.98. The topological polar surface area (TPSA) is 130 Å². The summed E-state index contributed by atoms with van der Waals surface area (Å²) in [4.78, 5) is 51.4. The third-order valence-electron chi connectivity index (χ3n) is 10.0. The maximum Gasteiger partial charge on any atom is 0.309 e. The summed E-state index contributed by atoms with van der Waals surface area (Å²) in [5, 5.41) is 0. The Hall–Kier alpha value is -2.20. The highest BCUT2D eigenvalue weighted by molar-refractivity contribution is 5.83. The molecule has 2 heterocycles. The summed E-state index contributed by atoms with van der Waals surface area (Å²) in [6.07, 6.45) is 16.1. The monoisotopic (exact) mass is 650 g/mol. The number of fused-ring (bicyclic) bond motifs is 2. The zero-order chi connectivity index (χ0) is 32.7. The van der Waals surface area contributed by atoms with Gasteiger partial charge in [-0.15, -0.1) is 0 Å². The lowest BCUT2D eigenvalue weighted by molar-refractivity contribution is -0.162. The van der Waals surface area contributed by atoms with E-state index in [9.17, 15) is 19.2 Å². The first-order valence-corrected chi connectivity index (χ1v) is 18.4. The molecule has 10 heteroatoms. The van der Waals surface area contributed by atoms with E-state index in [1.165, 1.54) is 25.7 Å². The third-order valence-corrected chi connectivity index (χ3v) is 10.0. The lowest BCUT2D eigenvalue weighted by atomic mass is 9.79. The molecule has 0 aromatic heterocycles. The molecule has 0 spiro atoms. The van der Waals surface area contributed by atoms with Crippen molar-refractivity contribution in [3.63, 3.8) is 0 Å². The molecule has 2 aliphatic carbocycles. The smallest absolute Gasteiger partial charge is 0.309 e. The summed E-state index contributed by atoms with van der Waals surface area (Å²) in [5.74, 6) is -3.32. The van der Waals surface area contributed by atoms with Crippen molar-refractivity contribution >= 4 is 23.9 Å². The molecular weight excluding hydrogens is 592 g/mol. The van der Waals surface area contributed by atoms with Crippen LogP contribution in [0.5, 0.6) is 0 Å². The largest absolute Gasteiger partial charge is 0.465 e. The molecule has 0 aromatic carbocycles. The fraction of sp³-hybridized carbons (Fsp3) is 0.889. The number of hydrogen-bond donors (Lipinski definition) is 0. The molecule has 0 amide bonds. The second kappa shape index (κ2) is 19.6. The van der Waals surface area contributed by atoms with Crippen LogP contribution in [0.15, 0.2) is 0 Å². The Morgan fingerprint density at radius 3 is 0.891 bits per heavy atom. The van der Waals surface area contributed by atoms with E-state index in [1.807, 2.05) is 0 Å². The standard InChI is InChI=1S/C36H58O10/c1-3-5-7-9-13-17-41-33(37)25-21-29-31(45-29)23-27(25)35(39)43-19-15-11-12-16-20-44-36(40)28-24-32-30(46-32)22-26(28)34(38)42-18-14-10-8-6-4-2/h25-32H,3-24H2,1-2H3. The van der Waals surface area contributed by atoms with Crippen molar-refractivity contribution in [1.82, 2.24) is 0 Å². The number of epoxide rings is 2. The zero-order valence-electron chi connectivity index (χ0n) is 28.3. The Labute approximate surface area is 275 Å². The predicted octanol–water partition coefficient (Wildman–Crippen LogP) is 6.25. The molecule has 8 atom stereocenters. The lowest BCUT2D eigenvalue weighted by Gasteiger charge is -2.26. The highest BCUT2D eigenvalue weighted by atomic mass is 16.6. The highest BCUT2D eigenvalue weighted by Crippen LogP contribution is 2.45. The van der Waals surface area contributed by atoms with Gasteiger partial charge in [-0.05, 0) is 64.2 Å². The first-order valence-electron chi connectivity index (χ1n) is 18.4. The highest BCUT2D eigenvalue weighted by Gasteiger charge is 2.54. The summed E-state index contributed by atoms with van der Waals surface area (Å²) in [6.45, 7) is 5.70. The van der Waals surface area contributed by atoms with Gasteiger partial charge in [0, 0.05) is 0 Å². The maximum absolute atomic E-state index is 12.9. The molecule has 4 fully saturated rings. The van der Waals surface area contributed by atoms with Gasteiger partial charge >= 0.3 is 23.9 Å². The molecule has 262 valence electrons. The van der Waals surface area contributed by atoms with Crippen LogP contribution in [-0.2, 0) is 47.6 Å². The normalized spacial score (nSPS) is 29.2. The number of carbonyl (C=O) groups is 4. The third kappa shape index (κ3) is 11.8. The van der Waals surface area contributed by atoms with Crippen molar-refractivity contribution in [1.29, 1.82) is 0 Å². The summed E-state index contributed by atoms with van der Waals surface area (Å²) >= 11 is 0. The number of esters is 4. The van der Waals surface area contributed by atoms with Gasteiger partial charge < -0.3 is 28.4 Å². The van der Waals surface area contributed by atoms with Crippen LogP contribution >= 0.6 is 0 Å². The molecule has 4 aliphatic rings. The van der Waals surface area contributed by atoms with Crippen molar-refractivity contribution in [2.45, 2.75) is 154 Å². The summed E-state index contributed by atoms with van der Waals surface area (Å²) in [6, 6.07) is 0. The van der Waals surface area contributed by atoms with Gasteiger partial charge in [0.2, 0.25) is 0 Å². The molecule has 0 radical (unpaired) electrons. The lowest BCUT2D eigenvalue weighted by Crippen LogP contribution is -2.38. The van der Waals surface area contributed by atoms with Crippen LogP contribution in [0.3, 0.4) is 0 Å². The Balaban J connectivity index is 1.06. The number of rotatable bonds is 23. The maximum atomic E-state index is 12.9. The molecule has 0 aromatic rings. The first kappa shape index (κ1) is 36.6. The molecule has 46 heavy (non-hydrogen) atoms. The van der Waals surface area contributed by atoms with E-state index in [0.29, 0.717) is 51.7 Å². The SMILES string of the molecule is CCCCCCCOC(=O)C1CC2OC2CC1C(=O)OCCCCCCOC(=O)C1CC2OC2CC1C(=O)OCCCCCCC. The van der Waals surface area contributed by atoms with Gasteiger partial charge in [0.05, 0.1) is 74.5 Å². The molecular formula is C36H58O10. The van der Waals surface area contributed by atoms with Crippen LogP contribution in [0.4, 0.5) is 0 Å². The average Bonchev–Trinajstić information content (AvgIpc) is 3.99. The van der Waals surface area contributed by atoms with Crippen LogP contribution in [-0.4, -0.2) is 74.7 Å². The van der Waals surface area contributed by atoms with E-state index >= 15 is 0 Å². The van der Waals surface area contributed by atoms with Crippen LogP contribution < -0.4 is 0 Å². The van der Waals surface area contributed by atoms with E-state index in [1.54, 1.807) is 0 Å². The quantitative estimate of drug-likeness (QED) is 0.0542. The zero-order valence-corrected chi connectivity index (χ0v) is 28.3. The molecule has 2 aliphatic heterocycles. The van der Waals surface area contributed by atoms with E-state index in [0.717, 1.165) is 51.4 Å². The molecule has 2 saturated heterocycles. The Kier molecular flexibility index (Phi) is 15.6. The van der Waals surface area contributed by atoms with E-state index < -0.39 is 23.7 Å². The van der Waals surface area contributed by atoms with E-state index in [2.05, 4.69) is 13.8 Å². The minimum atomic E-state index is -0.515. The van der Waals surface area contributed by atoms with Crippen LogP contribution in [0.25, 0.3) is 0 Å². The van der Waals surface area contributed by atoms with Crippen molar-refractivity contribution in [2.24, 2.45) is 23.7 Å². The van der Waals surface area contributed by atoms with E-state index in [4.69, 9.17) is 28.4 Å². The number of unbranched alkanes of at least 4 members (excludes halogenated alkanes) is 11. The minimum Gasteiger partial charge on any atom is -0.465 e. The summed E-state index contributed by atoms with van der Waals surface area (Å²) in [7, 11) is 0. The molecule has 8 unspecified atom stereocenters. The van der Waals surface area contributed by atoms with Gasteiger partial charge in [0.1, 0.15) is 0 Å². The minimum absolute atomic E-state index is 0.0476. The molecule has 2 saturated carbocycles.